The Balaban J connectivity index is 2.30. The molecule has 10 heavy (non-hydrogen) atoms. The highest BCUT2D eigenvalue weighted by molar-refractivity contribution is 4.81. The second kappa shape index (κ2) is 3.32. The minimum absolute atomic E-state index is 0.117. The van der Waals surface area contributed by atoms with Crippen molar-refractivity contribution in [3.8, 4) is 0 Å². The first-order chi connectivity index (χ1) is 4.79. The van der Waals surface area contributed by atoms with Crippen LogP contribution < -0.4 is 0 Å². The molecule has 1 heterocycles. The van der Waals surface area contributed by atoms with Gasteiger partial charge in [0.15, 0.2) is 0 Å². The molecule has 0 amide bonds. The molecular weight excluding hydrogens is 132 g/mol. The quantitative estimate of drug-likeness (QED) is 0.532. The first-order valence-corrected chi connectivity index (χ1v) is 3.63. The van der Waals surface area contributed by atoms with Crippen molar-refractivity contribution in [1.29, 1.82) is 0 Å². The van der Waals surface area contributed by atoms with Crippen molar-refractivity contribution in [2.24, 2.45) is 11.8 Å². The molecule has 0 aromatic carbocycles. The lowest BCUT2D eigenvalue weighted by atomic mass is 9.93. The molecule has 0 aliphatic carbocycles. The van der Waals surface area contributed by atoms with E-state index in [0.717, 1.165) is 6.61 Å². The first kappa shape index (κ1) is 7.98. The van der Waals surface area contributed by atoms with Gasteiger partial charge in [-0.3, -0.25) is 0 Å². The Hall–Kier alpha value is -0.120. The summed E-state index contributed by atoms with van der Waals surface area (Å²) in [6.07, 6.45) is 0.201. The van der Waals surface area contributed by atoms with Crippen molar-refractivity contribution >= 4 is 0 Å². The van der Waals surface area contributed by atoms with Gasteiger partial charge < -0.3 is 14.9 Å². The van der Waals surface area contributed by atoms with Gasteiger partial charge in [-0.25, -0.2) is 0 Å². The molecule has 0 saturated carbocycles. The number of aliphatic hydroxyl groups is 2. The van der Waals surface area contributed by atoms with Gasteiger partial charge in [-0.05, 0) is 5.92 Å². The van der Waals surface area contributed by atoms with Crippen molar-refractivity contribution in [3.63, 3.8) is 0 Å². The number of ether oxygens (including phenoxy) is 1. The van der Waals surface area contributed by atoms with Gasteiger partial charge in [-0.2, -0.15) is 0 Å². The molecule has 1 rings (SSSR count). The van der Waals surface area contributed by atoms with Crippen molar-refractivity contribution in [2.45, 2.75) is 13.0 Å². The number of epoxide rings is 1. The van der Waals surface area contributed by atoms with Crippen LogP contribution in [0.4, 0.5) is 0 Å². The van der Waals surface area contributed by atoms with E-state index in [0.29, 0.717) is 0 Å². The van der Waals surface area contributed by atoms with E-state index < -0.39 is 0 Å². The van der Waals surface area contributed by atoms with E-state index in [4.69, 9.17) is 14.9 Å². The SMILES string of the molecule is CC(CO)C(CO)C1CO1. The lowest BCUT2D eigenvalue weighted by Gasteiger charge is -2.16. The molecule has 1 saturated heterocycles. The molecule has 0 aromatic rings. The van der Waals surface area contributed by atoms with E-state index in [1.54, 1.807) is 0 Å². The molecule has 3 atom stereocenters. The van der Waals surface area contributed by atoms with E-state index in [1.165, 1.54) is 0 Å². The van der Waals surface area contributed by atoms with Gasteiger partial charge in [0.1, 0.15) is 0 Å². The maximum absolute atomic E-state index is 8.85. The molecule has 2 N–H and O–H groups in total. The third-order valence-corrected chi connectivity index (χ3v) is 2.07. The number of rotatable bonds is 4. The molecule has 0 bridgehead atoms. The predicted octanol–water partition coefficient (Wildman–Crippen LogP) is -0.378. The number of hydrogen-bond donors (Lipinski definition) is 2. The van der Waals surface area contributed by atoms with Crippen LogP contribution in [0.25, 0.3) is 0 Å². The molecule has 3 heteroatoms. The van der Waals surface area contributed by atoms with E-state index >= 15 is 0 Å². The van der Waals surface area contributed by atoms with Gasteiger partial charge in [-0.1, -0.05) is 6.92 Å². The molecule has 60 valence electrons. The molecule has 0 spiro atoms. The summed E-state index contributed by atoms with van der Waals surface area (Å²) in [7, 11) is 0. The molecule has 1 aliphatic rings. The molecule has 0 radical (unpaired) electrons. The lowest BCUT2D eigenvalue weighted by Crippen LogP contribution is -2.24. The van der Waals surface area contributed by atoms with Crippen LogP contribution >= 0.6 is 0 Å². The van der Waals surface area contributed by atoms with E-state index in [-0.39, 0.29) is 31.2 Å². The maximum atomic E-state index is 8.85. The van der Waals surface area contributed by atoms with Crippen LogP contribution in [-0.2, 0) is 4.74 Å². The normalized spacial score (nSPS) is 29.7. The van der Waals surface area contributed by atoms with Gasteiger partial charge in [0.25, 0.3) is 0 Å². The van der Waals surface area contributed by atoms with E-state index in [9.17, 15) is 0 Å². The highest BCUT2D eigenvalue weighted by atomic mass is 16.6. The van der Waals surface area contributed by atoms with Crippen molar-refractivity contribution in [1.82, 2.24) is 0 Å². The monoisotopic (exact) mass is 146 g/mol. The standard InChI is InChI=1S/C7H14O3/c1-5(2-8)6(3-9)7-4-10-7/h5-9H,2-4H2,1H3. The highest BCUT2D eigenvalue weighted by Gasteiger charge is 2.35. The summed E-state index contributed by atoms with van der Waals surface area (Å²) < 4.78 is 5.01. The van der Waals surface area contributed by atoms with E-state index in [1.807, 2.05) is 6.92 Å². The fourth-order valence-corrected chi connectivity index (χ4v) is 1.10. The van der Waals surface area contributed by atoms with Gasteiger partial charge in [0.05, 0.1) is 12.7 Å². The highest BCUT2D eigenvalue weighted by Crippen LogP contribution is 2.25. The third kappa shape index (κ3) is 1.68. The van der Waals surface area contributed by atoms with Crippen LogP contribution in [0.15, 0.2) is 0 Å². The molecule has 3 nitrogen and oxygen atoms in total. The average Bonchev–Trinajstić information content (AvgIpc) is 2.73. The summed E-state index contributed by atoms with van der Waals surface area (Å²) in [4.78, 5) is 0. The summed E-state index contributed by atoms with van der Waals surface area (Å²) in [5.74, 6) is 0.280. The van der Waals surface area contributed by atoms with Gasteiger partial charge in [-0.15, -0.1) is 0 Å². The van der Waals surface area contributed by atoms with Crippen LogP contribution in [0.5, 0.6) is 0 Å². The summed E-state index contributed by atoms with van der Waals surface area (Å²) in [5.41, 5.74) is 0. The Morgan fingerprint density at radius 3 is 2.40 bits per heavy atom. The number of hydrogen-bond acceptors (Lipinski definition) is 3. The predicted molar refractivity (Wildman–Crippen MR) is 36.6 cm³/mol. The Kier molecular flexibility index (Phi) is 2.65. The zero-order chi connectivity index (χ0) is 7.56. The van der Waals surface area contributed by atoms with Crippen LogP contribution in [0.3, 0.4) is 0 Å². The minimum Gasteiger partial charge on any atom is -0.396 e. The topological polar surface area (TPSA) is 53.0 Å². The summed E-state index contributed by atoms with van der Waals surface area (Å²) in [6, 6.07) is 0. The van der Waals surface area contributed by atoms with Gasteiger partial charge in [0.2, 0.25) is 0 Å². The van der Waals surface area contributed by atoms with Crippen molar-refractivity contribution < 1.29 is 14.9 Å². The average molecular weight is 146 g/mol. The Bertz CT molecular complexity index is 101. The van der Waals surface area contributed by atoms with Crippen LogP contribution in [-0.4, -0.2) is 36.1 Å². The van der Waals surface area contributed by atoms with Crippen molar-refractivity contribution in [2.75, 3.05) is 19.8 Å². The minimum atomic E-state index is 0.117. The summed E-state index contributed by atoms with van der Waals surface area (Å²) in [6.45, 7) is 2.91. The first-order valence-electron chi connectivity index (χ1n) is 3.63. The Morgan fingerprint density at radius 1 is 1.50 bits per heavy atom. The second-order valence-corrected chi connectivity index (χ2v) is 2.88. The van der Waals surface area contributed by atoms with Gasteiger partial charge in [0, 0.05) is 19.1 Å². The largest absolute Gasteiger partial charge is 0.396 e. The summed E-state index contributed by atoms with van der Waals surface area (Å²) >= 11 is 0. The fraction of sp³-hybridized carbons (Fsp3) is 1.00. The molecular formula is C7H14O3. The molecule has 0 aromatic heterocycles. The van der Waals surface area contributed by atoms with Crippen LogP contribution in [0, 0.1) is 11.8 Å². The van der Waals surface area contributed by atoms with Crippen LogP contribution in [0.2, 0.25) is 0 Å². The van der Waals surface area contributed by atoms with Crippen LogP contribution in [0.1, 0.15) is 6.92 Å². The van der Waals surface area contributed by atoms with Crippen molar-refractivity contribution in [3.05, 3.63) is 0 Å². The van der Waals surface area contributed by atoms with Gasteiger partial charge >= 0.3 is 0 Å². The molecule has 1 aliphatic heterocycles. The fourth-order valence-electron chi connectivity index (χ4n) is 1.10. The summed E-state index contributed by atoms with van der Waals surface area (Å²) in [5, 5.41) is 17.6. The second-order valence-electron chi connectivity index (χ2n) is 2.88. The zero-order valence-electron chi connectivity index (χ0n) is 6.16. The van der Waals surface area contributed by atoms with E-state index in [2.05, 4.69) is 0 Å². The maximum Gasteiger partial charge on any atom is 0.0863 e. The Labute approximate surface area is 60.6 Å². The smallest absolute Gasteiger partial charge is 0.0863 e. The zero-order valence-corrected chi connectivity index (χ0v) is 6.16. The number of aliphatic hydroxyl groups excluding tert-OH is 2. The molecule has 1 fully saturated rings. The lowest BCUT2D eigenvalue weighted by molar-refractivity contribution is 0.108. The molecule has 3 unspecified atom stereocenters. The third-order valence-electron chi connectivity index (χ3n) is 2.07. The Morgan fingerprint density at radius 2 is 2.10 bits per heavy atom.